The van der Waals surface area contributed by atoms with E-state index in [1.165, 1.54) is 24.4 Å². The Balaban J connectivity index is 2.06. The molecule has 1 fully saturated rings. The van der Waals surface area contributed by atoms with Crippen molar-refractivity contribution >= 4 is 39.5 Å². The maximum Gasteiger partial charge on any atom is 0.258 e. The van der Waals surface area contributed by atoms with Crippen LogP contribution in [0.1, 0.15) is 36.0 Å². The number of hydrogen-bond donors (Lipinski definition) is 1. The average Bonchev–Trinajstić information content (AvgIpc) is 3.19. The molecule has 0 spiro atoms. The number of nitrogens with one attached hydrogen (secondary N) is 1. The van der Waals surface area contributed by atoms with E-state index in [2.05, 4.69) is 10.3 Å². The molecule has 1 aromatic carbocycles. The molecule has 0 bridgehead atoms. The Labute approximate surface area is 162 Å². The lowest BCUT2D eigenvalue weighted by Gasteiger charge is -2.13. The van der Waals surface area contributed by atoms with E-state index >= 15 is 0 Å². The predicted octanol–water partition coefficient (Wildman–Crippen LogP) is 4.75. The Bertz CT molecular complexity index is 1030. The van der Waals surface area contributed by atoms with Crippen molar-refractivity contribution in [2.75, 3.05) is 5.32 Å². The number of nitriles is 2. The second-order valence-corrected chi connectivity index (χ2v) is 7.58. The number of amides is 1. The molecule has 3 rings (SSSR count). The first-order valence-corrected chi connectivity index (χ1v) is 8.99. The first kappa shape index (κ1) is 19.0. The smallest absolute Gasteiger partial charge is 0.258 e. The second-order valence-electron chi connectivity index (χ2n) is 5.92. The Kier molecular flexibility index (Phi) is 5.22. The van der Waals surface area contributed by atoms with Crippen LogP contribution >= 0.6 is 22.9 Å². The van der Waals surface area contributed by atoms with Gasteiger partial charge in [-0.15, -0.1) is 0 Å². The Morgan fingerprint density at radius 3 is 2.59 bits per heavy atom. The molecule has 9 heteroatoms. The van der Waals surface area contributed by atoms with Crippen molar-refractivity contribution < 1.29 is 13.6 Å². The van der Waals surface area contributed by atoms with E-state index in [0.717, 1.165) is 11.3 Å². The zero-order chi connectivity index (χ0) is 19.6. The number of alkyl halides is 2. The van der Waals surface area contributed by atoms with Gasteiger partial charge in [0.1, 0.15) is 16.5 Å². The van der Waals surface area contributed by atoms with Gasteiger partial charge in [0.2, 0.25) is 0 Å². The molecule has 0 unspecified atom stereocenters. The number of benzene rings is 1. The van der Waals surface area contributed by atoms with E-state index in [4.69, 9.17) is 16.9 Å². The highest BCUT2D eigenvalue weighted by Gasteiger charge is 2.38. The number of halogens is 3. The molecule has 1 aliphatic carbocycles. The van der Waals surface area contributed by atoms with Gasteiger partial charge in [0, 0.05) is 18.4 Å². The van der Waals surface area contributed by atoms with Gasteiger partial charge in [0.05, 0.1) is 17.3 Å². The van der Waals surface area contributed by atoms with Crippen LogP contribution in [-0.2, 0) is 4.79 Å². The number of nitrogens with zero attached hydrogens (tertiary/aromatic N) is 3. The molecule has 1 saturated carbocycles. The van der Waals surface area contributed by atoms with Gasteiger partial charge in [-0.05, 0) is 24.1 Å². The monoisotopic (exact) mass is 404 g/mol. The van der Waals surface area contributed by atoms with E-state index in [1.807, 2.05) is 12.1 Å². The highest BCUT2D eigenvalue weighted by molar-refractivity contribution is 7.19. The molecule has 136 valence electrons. The molecule has 0 radical (unpaired) electrons. The van der Waals surface area contributed by atoms with Crippen LogP contribution in [0, 0.1) is 22.7 Å². The maximum atomic E-state index is 13.7. The summed E-state index contributed by atoms with van der Waals surface area (Å²) in [6.45, 7) is 0. The fraction of sp³-hybridized carbons (Fsp3) is 0.222. The average molecular weight is 405 g/mol. The molecule has 1 aliphatic rings. The lowest BCUT2D eigenvalue weighted by molar-refractivity contribution is -0.111. The van der Waals surface area contributed by atoms with Crippen LogP contribution in [0.4, 0.5) is 13.9 Å². The quantitative estimate of drug-likeness (QED) is 0.747. The molecule has 1 N–H and O–H groups in total. The Morgan fingerprint density at radius 1 is 1.30 bits per heavy atom. The fourth-order valence-electron chi connectivity index (χ4n) is 2.89. The molecule has 27 heavy (non-hydrogen) atoms. The van der Waals surface area contributed by atoms with Crippen LogP contribution in [0.2, 0.25) is 4.34 Å². The van der Waals surface area contributed by atoms with Crippen molar-refractivity contribution in [2.45, 2.75) is 25.2 Å². The van der Waals surface area contributed by atoms with Crippen molar-refractivity contribution in [1.29, 1.82) is 10.5 Å². The van der Waals surface area contributed by atoms with Crippen LogP contribution in [0.5, 0.6) is 0 Å². The Hall–Kier alpha value is -2.81. The van der Waals surface area contributed by atoms with Crippen molar-refractivity contribution in [3.8, 4) is 12.1 Å². The van der Waals surface area contributed by atoms with E-state index in [-0.39, 0.29) is 34.7 Å². The third kappa shape index (κ3) is 4.13. The second kappa shape index (κ2) is 7.43. The fourth-order valence-corrected chi connectivity index (χ4v) is 3.70. The standard InChI is InChI=1S/C18H11ClF2N4OS/c19-14-9-24-17(27-14)25-16(26)15(11-3-4-18(20,21)6-11)10-1-2-12(7-22)13(5-10)8-23/h1-2,5,9H,3-4,6H2,(H,24,25,26)/b15-11+. The summed E-state index contributed by atoms with van der Waals surface area (Å²) >= 11 is 6.85. The van der Waals surface area contributed by atoms with Crippen LogP contribution in [0.3, 0.4) is 0 Å². The summed E-state index contributed by atoms with van der Waals surface area (Å²) in [6, 6.07) is 8.02. The highest BCUT2D eigenvalue weighted by Crippen LogP contribution is 2.42. The van der Waals surface area contributed by atoms with E-state index in [1.54, 1.807) is 0 Å². The van der Waals surface area contributed by atoms with Crippen LogP contribution in [0.15, 0.2) is 30.0 Å². The summed E-state index contributed by atoms with van der Waals surface area (Å²) in [5.74, 6) is -3.49. The number of hydrogen-bond acceptors (Lipinski definition) is 5. The van der Waals surface area contributed by atoms with Gasteiger partial charge < -0.3 is 0 Å². The van der Waals surface area contributed by atoms with E-state index in [9.17, 15) is 18.8 Å². The van der Waals surface area contributed by atoms with Gasteiger partial charge in [-0.2, -0.15) is 10.5 Å². The SMILES string of the molecule is N#Cc1ccc(/C(C(=O)Nc2ncc(Cl)s2)=C2/CCC(F)(F)C2)cc1C#N. The van der Waals surface area contributed by atoms with Gasteiger partial charge in [0.25, 0.3) is 11.8 Å². The summed E-state index contributed by atoms with van der Waals surface area (Å²) in [6.07, 6.45) is 0.560. The number of thiazole rings is 1. The topological polar surface area (TPSA) is 89.6 Å². The van der Waals surface area contributed by atoms with Crippen LogP contribution in [0.25, 0.3) is 5.57 Å². The first-order chi connectivity index (χ1) is 12.8. The maximum absolute atomic E-state index is 13.7. The molecule has 0 atom stereocenters. The molecular weight excluding hydrogens is 394 g/mol. The third-order valence-electron chi connectivity index (χ3n) is 4.09. The molecule has 2 aromatic rings. The van der Waals surface area contributed by atoms with Gasteiger partial charge >= 0.3 is 0 Å². The van der Waals surface area contributed by atoms with Gasteiger partial charge in [-0.1, -0.05) is 34.6 Å². The number of allylic oxidation sites excluding steroid dienone is 1. The number of aromatic nitrogens is 1. The molecule has 0 saturated heterocycles. The Morgan fingerprint density at radius 2 is 2.04 bits per heavy atom. The molecule has 5 nitrogen and oxygen atoms in total. The zero-order valence-corrected chi connectivity index (χ0v) is 15.3. The summed E-state index contributed by atoms with van der Waals surface area (Å²) < 4.78 is 27.9. The van der Waals surface area contributed by atoms with E-state index in [0.29, 0.717) is 15.5 Å². The van der Waals surface area contributed by atoms with Gasteiger partial charge in [-0.3, -0.25) is 10.1 Å². The van der Waals surface area contributed by atoms with Gasteiger partial charge in [-0.25, -0.2) is 13.8 Å². The molecule has 1 amide bonds. The molecular formula is C18H11ClF2N4OS. The van der Waals surface area contributed by atoms with Crippen LogP contribution < -0.4 is 5.32 Å². The minimum Gasteiger partial charge on any atom is -0.298 e. The van der Waals surface area contributed by atoms with Crippen molar-refractivity contribution in [3.05, 3.63) is 51.0 Å². The third-order valence-corrected chi connectivity index (χ3v) is 5.12. The number of carbonyl (C=O) groups excluding carboxylic acids is 1. The minimum absolute atomic E-state index is 0.0657. The number of carbonyl (C=O) groups is 1. The lowest BCUT2D eigenvalue weighted by Crippen LogP contribution is -2.16. The van der Waals surface area contributed by atoms with Gasteiger partial charge in [0.15, 0.2) is 5.13 Å². The summed E-state index contributed by atoms with van der Waals surface area (Å²) in [7, 11) is 0. The minimum atomic E-state index is -2.88. The van der Waals surface area contributed by atoms with Crippen LogP contribution in [-0.4, -0.2) is 16.8 Å². The number of rotatable bonds is 3. The zero-order valence-electron chi connectivity index (χ0n) is 13.7. The molecule has 0 aliphatic heterocycles. The summed E-state index contributed by atoms with van der Waals surface area (Å²) in [4.78, 5) is 16.8. The molecule has 1 aromatic heterocycles. The highest BCUT2D eigenvalue weighted by atomic mass is 35.5. The van der Waals surface area contributed by atoms with Crippen molar-refractivity contribution in [2.24, 2.45) is 0 Å². The van der Waals surface area contributed by atoms with Crippen molar-refractivity contribution in [3.63, 3.8) is 0 Å². The van der Waals surface area contributed by atoms with E-state index < -0.39 is 18.3 Å². The largest absolute Gasteiger partial charge is 0.298 e. The number of anilines is 1. The summed E-state index contributed by atoms with van der Waals surface area (Å²) in [5, 5.41) is 21.1. The first-order valence-electron chi connectivity index (χ1n) is 7.80. The predicted molar refractivity (Wildman–Crippen MR) is 97.3 cm³/mol. The van der Waals surface area contributed by atoms with Crippen molar-refractivity contribution in [1.82, 2.24) is 4.98 Å². The summed E-state index contributed by atoms with van der Waals surface area (Å²) in [5.41, 5.74) is 0.893. The lowest BCUT2D eigenvalue weighted by atomic mass is 9.94. The normalized spacial score (nSPS) is 17.1. The molecule has 1 heterocycles.